The van der Waals surface area contributed by atoms with Gasteiger partial charge in [-0.1, -0.05) is 29.3 Å². The van der Waals surface area contributed by atoms with Gasteiger partial charge in [0, 0.05) is 11.6 Å². The highest BCUT2D eigenvalue weighted by molar-refractivity contribution is 7.21. The number of aromatic nitrogens is 2. The Kier molecular flexibility index (Phi) is 5.52. The first-order valence-electron chi connectivity index (χ1n) is 9.13. The zero-order valence-electron chi connectivity index (χ0n) is 15.3. The molecule has 152 valence electrons. The quantitative estimate of drug-likeness (QED) is 0.473. The lowest BCUT2D eigenvalue weighted by Crippen LogP contribution is -2.29. The van der Waals surface area contributed by atoms with Crippen LogP contribution in [-0.4, -0.2) is 33.1 Å². The smallest absolute Gasteiger partial charge is 0.260 e. The van der Waals surface area contributed by atoms with Crippen molar-refractivity contribution in [3.05, 3.63) is 33.1 Å². The van der Waals surface area contributed by atoms with Crippen LogP contribution in [0.15, 0.2) is 18.2 Å². The Balaban J connectivity index is 1.83. The molecule has 3 aromatic rings. The number of thiophene rings is 1. The number of amides is 1. The maximum absolute atomic E-state index is 11.8. The second-order valence-electron chi connectivity index (χ2n) is 7.06. The molecule has 1 amide bonds. The lowest BCUT2D eigenvalue weighted by Gasteiger charge is -2.26. The van der Waals surface area contributed by atoms with Crippen LogP contribution in [0, 0.1) is 0 Å². The molecule has 2 aromatic heterocycles. The molecule has 7 nitrogen and oxygen atoms in total. The van der Waals surface area contributed by atoms with Crippen molar-refractivity contribution < 1.29 is 9.90 Å². The van der Waals surface area contributed by atoms with E-state index < -0.39 is 5.91 Å². The van der Waals surface area contributed by atoms with Gasteiger partial charge < -0.3 is 21.9 Å². The van der Waals surface area contributed by atoms with Crippen molar-refractivity contribution >= 4 is 62.3 Å². The van der Waals surface area contributed by atoms with Crippen molar-refractivity contribution in [2.45, 2.75) is 37.8 Å². The predicted octanol–water partition coefficient (Wildman–Crippen LogP) is 4.06. The molecule has 0 atom stereocenters. The van der Waals surface area contributed by atoms with Crippen LogP contribution in [0.2, 0.25) is 10.0 Å². The Labute approximate surface area is 181 Å². The maximum atomic E-state index is 11.8. The number of nitrogens with two attached hydrogens (primary N) is 2. The number of nitrogen functional groups attached to an aromatic ring is 1. The molecule has 6 N–H and O–H groups in total. The highest BCUT2D eigenvalue weighted by Crippen LogP contribution is 2.40. The first kappa shape index (κ1) is 20.2. The number of benzene rings is 1. The normalized spacial score (nSPS) is 19.4. The summed E-state index contributed by atoms with van der Waals surface area (Å²) < 4.78 is 0. The van der Waals surface area contributed by atoms with E-state index in [-0.39, 0.29) is 22.7 Å². The number of fused-ring (bicyclic) bond motifs is 1. The van der Waals surface area contributed by atoms with E-state index in [0.29, 0.717) is 37.5 Å². The van der Waals surface area contributed by atoms with Crippen LogP contribution in [-0.2, 0) is 0 Å². The number of aliphatic hydroxyl groups excluding tert-OH is 1. The molecule has 4 rings (SSSR count). The van der Waals surface area contributed by atoms with Gasteiger partial charge in [0.1, 0.15) is 9.71 Å². The number of nitrogens with one attached hydrogen (secondary N) is 1. The van der Waals surface area contributed by atoms with Crippen molar-refractivity contribution in [3.63, 3.8) is 0 Å². The molecule has 1 aromatic carbocycles. The molecule has 10 heteroatoms. The number of hydrogen-bond donors (Lipinski definition) is 4. The van der Waals surface area contributed by atoms with Gasteiger partial charge in [-0.25, -0.2) is 9.97 Å². The molecule has 0 saturated heterocycles. The zero-order chi connectivity index (χ0) is 20.7. The van der Waals surface area contributed by atoms with E-state index in [1.807, 2.05) is 0 Å². The minimum atomic E-state index is -0.610. The van der Waals surface area contributed by atoms with Gasteiger partial charge in [-0.15, -0.1) is 11.3 Å². The van der Waals surface area contributed by atoms with Crippen LogP contribution in [0.5, 0.6) is 0 Å². The minimum Gasteiger partial charge on any atom is -0.397 e. The van der Waals surface area contributed by atoms with Gasteiger partial charge in [0.15, 0.2) is 0 Å². The van der Waals surface area contributed by atoms with Gasteiger partial charge in [0.2, 0.25) is 5.95 Å². The van der Waals surface area contributed by atoms with Gasteiger partial charge >= 0.3 is 0 Å². The van der Waals surface area contributed by atoms with Crippen molar-refractivity contribution in [1.82, 2.24) is 9.97 Å². The second kappa shape index (κ2) is 7.95. The summed E-state index contributed by atoms with van der Waals surface area (Å²) in [4.78, 5) is 21.8. The van der Waals surface area contributed by atoms with Crippen LogP contribution in [0.1, 0.15) is 35.4 Å². The molecule has 1 fully saturated rings. The molecular weight excluding hydrogens is 433 g/mol. The fraction of sp³-hybridized carbons (Fsp3) is 0.316. The first-order chi connectivity index (χ1) is 13.8. The number of aliphatic hydroxyl groups is 1. The summed E-state index contributed by atoms with van der Waals surface area (Å²) in [6, 6.07) is 5.33. The van der Waals surface area contributed by atoms with Gasteiger partial charge in [-0.05, 0) is 37.8 Å². The van der Waals surface area contributed by atoms with Gasteiger partial charge in [-0.3, -0.25) is 4.79 Å². The van der Waals surface area contributed by atoms with Crippen LogP contribution in [0.25, 0.3) is 21.5 Å². The summed E-state index contributed by atoms with van der Waals surface area (Å²) >= 11 is 13.4. The Morgan fingerprint density at radius 2 is 1.90 bits per heavy atom. The predicted molar refractivity (Wildman–Crippen MR) is 118 cm³/mol. The number of nitrogens with zero attached hydrogens (tertiary/aromatic N) is 2. The van der Waals surface area contributed by atoms with Gasteiger partial charge in [0.25, 0.3) is 5.91 Å². The summed E-state index contributed by atoms with van der Waals surface area (Å²) in [5.41, 5.74) is 13.2. The summed E-state index contributed by atoms with van der Waals surface area (Å²) in [6.45, 7) is 0. The number of rotatable bonds is 4. The third-order valence-corrected chi connectivity index (χ3v) is 6.89. The molecule has 1 saturated carbocycles. The highest BCUT2D eigenvalue weighted by atomic mass is 35.5. The lowest BCUT2D eigenvalue weighted by atomic mass is 9.93. The number of halogens is 2. The SMILES string of the molecule is NC(=O)c1sc2nc(N[C@H]3CC[C@H](O)CC3)nc(-c3ccc(Cl)c(Cl)c3)c2c1N. The molecule has 0 spiro atoms. The van der Waals surface area contributed by atoms with E-state index in [1.165, 1.54) is 0 Å². The molecule has 0 unspecified atom stereocenters. The van der Waals surface area contributed by atoms with Crippen LogP contribution < -0.4 is 16.8 Å². The largest absolute Gasteiger partial charge is 0.397 e. The van der Waals surface area contributed by atoms with Crippen molar-refractivity contribution in [2.75, 3.05) is 11.1 Å². The average Bonchev–Trinajstić information content (AvgIpc) is 3.02. The maximum Gasteiger partial charge on any atom is 0.260 e. The topological polar surface area (TPSA) is 127 Å². The molecule has 1 aliphatic carbocycles. The second-order valence-corrected chi connectivity index (χ2v) is 8.88. The Hall–Kier alpha value is -2.13. The lowest BCUT2D eigenvalue weighted by molar-refractivity contribution is 0.100. The van der Waals surface area contributed by atoms with E-state index >= 15 is 0 Å². The monoisotopic (exact) mass is 451 g/mol. The van der Waals surface area contributed by atoms with Crippen LogP contribution in [0.3, 0.4) is 0 Å². The first-order valence-corrected chi connectivity index (χ1v) is 10.7. The van der Waals surface area contributed by atoms with Crippen molar-refractivity contribution in [2.24, 2.45) is 5.73 Å². The molecular formula is C19H19Cl2N5O2S. The molecule has 1 aliphatic rings. The van der Waals surface area contributed by atoms with Gasteiger partial charge in [0.05, 0.1) is 32.9 Å². The fourth-order valence-corrected chi connectivity index (χ4v) is 4.77. The highest BCUT2D eigenvalue weighted by Gasteiger charge is 2.24. The number of hydrogen-bond acceptors (Lipinski definition) is 7. The molecule has 2 heterocycles. The summed E-state index contributed by atoms with van der Waals surface area (Å²) in [5.74, 6) is -0.182. The standard InChI is InChI=1S/C19H19Cl2N5O2S/c20-11-6-1-8(7-12(11)21)15-13-14(22)16(17(23)28)29-18(13)26-19(25-15)24-9-2-4-10(27)5-3-9/h1,6-7,9-10,27H,2-5,22H2,(H2,23,28)(H,24,25,26)/t9-,10-. The van der Waals surface area contributed by atoms with Gasteiger partial charge in [-0.2, -0.15) is 0 Å². The Morgan fingerprint density at radius 3 is 2.55 bits per heavy atom. The van der Waals surface area contributed by atoms with Crippen LogP contribution >= 0.6 is 34.5 Å². The Morgan fingerprint density at radius 1 is 1.17 bits per heavy atom. The van der Waals surface area contributed by atoms with E-state index in [2.05, 4.69) is 15.3 Å². The Bertz CT molecular complexity index is 1100. The molecule has 0 aliphatic heterocycles. The van der Waals surface area contributed by atoms with Crippen molar-refractivity contribution in [3.8, 4) is 11.3 Å². The third-order valence-electron chi connectivity index (χ3n) is 5.04. The number of carbonyl (C=O) groups excluding carboxylic acids is 1. The zero-order valence-corrected chi connectivity index (χ0v) is 17.6. The fourth-order valence-electron chi connectivity index (χ4n) is 3.52. The van der Waals surface area contributed by atoms with E-state index in [0.717, 1.165) is 37.0 Å². The number of anilines is 2. The average molecular weight is 452 g/mol. The summed E-state index contributed by atoms with van der Waals surface area (Å²) in [5, 5.41) is 14.4. The van der Waals surface area contributed by atoms with E-state index in [4.69, 9.17) is 34.7 Å². The number of carbonyl (C=O) groups is 1. The van der Waals surface area contributed by atoms with Crippen LogP contribution in [0.4, 0.5) is 11.6 Å². The molecule has 0 radical (unpaired) electrons. The summed E-state index contributed by atoms with van der Waals surface area (Å²) in [6.07, 6.45) is 2.86. The third kappa shape index (κ3) is 3.98. The minimum absolute atomic E-state index is 0.158. The van der Waals surface area contributed by atoms with Crippen molar-refractivity contribution in [1.29, 1.82) is 0 Å². The summed E-state index contributed by atoms with van der Waals surface area (Å²) in [7, 11) is 0. The van der Waals surface area contributed by atoms with E-state index in [1.54, 1.807) is 18.2 Å². The van der Waals surface area contributed by atoms with E-state index in [9.17, 15) is 9.90 Å². The molecule has 29 heavy (non-hydrogen) atoms. The number of primary amides is 1. The molecule has 0 bridgehead atoms.